The third kappa shape index (κ3) is 9.06. The lowest BCUT2D eigenvalue weighted by molar-refractivity contribution is -0.364. The number of rotatable bonds is 13. The Morgan fingerprint density at radius 2 is 1.55 bits per heavy atom. The van der Waals surface area contributed by atoms with E-state index in [-0.39, 0.29) is 6.61 Å². The minimum atomic E-state index is -1.62. The quantitative estimate of drug-likeness (QED) is 0.102. The third-order valence-electron chi connectivity index (χ3n) is 6.32. The van der Waals surface area contributed by atoms with Crippen molar-refractivity contribution in [2.45, 2.75) is 101 Å². The number of nitrogens with one attached hydrogen (secondary N) is 1. The number of ether oxygens (including phenoxy) is 5. The summed E-state index contributed by atoms with van der Waals surface area (Å²) in [5.74, 6) is 0. The van der Waals surface area contributed by atoms with Gasteiger partial charge >= 0.3 is 0 Å². The molecule has 1 aromatic heterocycles. The largest absolute Gasteiger partial charge is 0.394 e. The molecule has 2 fully saturated rings. The van der Waals surface area contributed by atoms with Crippen LogP contribution in [0.3, 0.4) is 0 Å². The van der Waals surface area contributed by atoms with Crippen molar-refractivity contribution in [2.24, 2.45) is 0 Å². The number of aromatic nitrogens is 1. The van der Waals surface area contributed by atoms with Gasteiger partial charge < -0.3 is 54.3 Å². The van der Waals surface area contributed by atoms with Crippen LogP contribution in [0.4, 0.5) is 0 Å². The fourth-order valence-corrected chi connectivity index (χ4v) is 4.40. The van der Waals surface area contributed by atoms with Gasteiger partial charge in [-0.2, -0.15) is 0 Å². The highest BCUT2D eigenvalue weighted by molar-refractivity contribution is 5.19. The summed E-state index contributed by atoms with van der Waals surface area (Å²) in [7, 11) is 0. The molecule has 0 spiro atoms. The second-order valence-electron chi connectivity index (χ2n) is 10.8. The minimum absolute atomic E-state index is 0.133. The van der Waals surface area contributed by atoms with Crippen LogP contribution in [0.25, 0.3) is 0 Å². The predicted octanol–water partition coefficient (Wildman–Crippen LogP) is -1.86. The van der Waals surface area contributed by atoms with E-state index in [1.54, 1.807) is 33.2 Å². The van der Waals surface area contributed by atoms with Gasteiger partial charge in [0.15, 0.2) is 12.6 Å². The molecule has 229 valence electrons. The molecule has 0 saturated carbocycles. The first-order chi connectivity index (χ1) is 18.9. The highest BCUT2D eigenvalue weighted by Crippen LogP contribution is 2.31. The van der Waals surface area contributed by atoms with Crippen molar-refractivity contribution < 1.29 is 59.2 Å². The van der Waals surface area contributed by atoms with Gasteiger partial charge in [-0.25, -0.2) is 5.48 Å². The molecule has 0 aromatic carbocycles. The Morgan fingerprint density at radius 1 is 0.925 bits per heavy atom. The maximum absolute atomic E-state index is 10.8. The van der Waals surface area contributed by atoms with Crippen LogP contribution in [0.15, 0.2) is 18.5 Å². The molecule has 10 atom stereocenters. The van der Waals surface area contributed by atoms with E-state index >= 15 is 0 Å². The van der Waals surface area contributed by atoms with Crippen LogP contribution in [0, 0.1) is 6.92 Å². The number of hydrogen-bond donors (Lipinski definition) is 7. The summed E-state index contributed by atoms with van der Waals surface area (Å²) in [4.78, 5) is 9.41. The zero-order valence-corrected chi connectivity index (χ0v) is 23.0. The molecular weight excluding hydrogens is 532 g/mol. The van der Waals surface area contributed by atoms with Crippen LogP contribution in [-0.4, -0.2) is 129 Å². The number of hydrogen-bond acceptors (Lipinski definition) is 14. The first-order valence-electron chi connectivity index (χ1n) is 13.3. The Bertz CT molecular complexity index is 885. The third-order valence-corrected chi connectivity index (χ3v) is 6.32. The fraction of sp³-hybridized carbons (Fsp3) is 0.769. The first-order valence-corrected chi connectivity index (χ1v) is 13.3. The zero-order chi connectivity index (χ0) is 29.4. The van der Waals surface area contributed by atoms with E-state index in [4.69, 9.17) is 28.5 Å². The molecule has 4 unspecified atom stereocenters. The SMILES string of the molecule is [CH2]c1cncc(CONCCCO[C@H]2OC(CO)[C@@H](O[C@H]3OC(CO)[C@@H](OC(C)(C)C)[C@@H](O)C3O)[C@@H](O)C2O)c1. The van der Waals surface area contributed by atoms with Crippen LogP contribution >= 0.6 is 0 Å². The van der Waals surface area contributed by atoms with E-state index in [0.29, 0.717) is 19.6 Å². The average Bonchev–Trinajstić information content (AvgIpc) is 2.90. The molecular formula is C26H43N2O12. The van der Waals surface area contributed by atoms with Gasteiger partial charge in [0.25, 0.3) is 0 Å². The molecule has 2 saturated heterocycles. The Balaban J connectivity index is 1.47. The van der Waals surface area contributed by atoms with E-state index in [2.05, 4.69) is 17.4 Å². The maximum atomic E-state index is 10.8. The molecule has 0 amide bonds. The second kappa shape index (κ2) is 15.2. The van der Waals surface area contributed by atoms with Crippen molar-refractivity contribution in [3.05, 3.63) is 36.5 Å². The lowest BCUT2D eigenvalue weighted by atomic mass is 9.96. The molecule has 2 aliphatic heterocycles. The van der Waals surface area contributed by atoms with Gasteiger partial charge in [0.1, 0.15) is 48.8 Å². The second-order valence-corrected chi connectivity index (χ2v) is 10.8. The van der Waals surface area contributed by atoms with Crippen molar-refractivity contribution in [1.29, 1.82) is 0 Å². The molecule has 2 aliphatic rings. The van der Waals surface area contributed by atoms with Crippen molar-refractivity contribution in [3.8, 4) is 0 Å². The van der Waals surface area contributed by atoms with Gasteiger partial charge in [0.2, 0.25) is 0 Å². The summed E-state index contributed by atoms with van der Waals surface area (Å²) in [6, 6.07) is 1.85. The number of hydroxylamine groups is 1. The van der Waals surface area contributed by atoms with Crippen LogP contribution < -0.4 is 5.48 Å². The van der Waals surface area contributed by atoms with Gasteiger partial charge in [-0.1, -0.05) is 6.07 Å². The normalized spacial score (nSPS) is 35.1. The molecule has 7 N–H and O–H groups in total. The summed E-state index contributed by atoms with van der Waals surface area (Å²) in [6.07, 6.45) is -9.90. The molecule has 1 aromatic rings. The van der Waals surface area contributed by atoms with E-state index in [9.17, 15) is 30.6 Å². The number of pyridine rings is 1. The summed E-state index contributed by atoms with van der Waals surface area (Å²) < 4.78 is 28.3. The van der Waals surface area contributed by atoms with Gasteiger partial charge in [-0.05, 0) is 45.2 Å². The topological polar surface area (TPSA) is 202 Å². The Labute approximate surface area is 233 Å². The van der Waals surface area contributed by atoms with Gasteiger partial charge in [-0.3, -0.25) is 9.82 Å². The monoisotopic (exact) mass is 575 g/mol. The van der Waals surface area contributed by atoms with Crippen LogP contribution in [0.2, 0.25) is 0 Å². The van der Waals surface area contributed by atoms with Crippen molar-refractivity contribution >= 4 is 0 Å². The minimum Gasteiger partial charge on any atom is -0.394 e. The smallest absolute Gasteiger partial charge is 0.187 e. The van der Waals surface area contributed by atoms with Crippen LogP contribution in [-0.2, 0) is 35.1 Å². The molecule has 0 aliphatic carbocycles. The standard InChI is InChI=1S/C26H43N2O12/c1-14-8-15(10-27-9-14)13-36-28-6-5-7-35-24-20(33)18(31)22(16(11-29)37-24)39-25-21(34)19(32)23(17(12-30)38-25)40-26(2,3)4/h8-10,16-25,28-34H,1,5-7,11-13H2,2-4H3/t16?,17?,18-,19-,20?,21?,22+,23+,24-,25+/m0/s1. The Kier molecular flexibility index (Phi) is 12.6. The molecule has 1 radical (unpaired) electrons. The average molecular weight is 576 g/mol. The first kappa shape index (κ1) is 33.1. The molecule has 14 nitrogen and oxygen atoms in total. The summed E-state index contributed by atoms with van der Waals surface area (Å²) >= 11 is 0. The van der Waals surface area contributed by atoms with Crippen molar-refractivity contribution in [3.63, 3.8) is 0 Å². The Hall–Kier alpha value is -1.37. The number of nitrogens with zero attached hydrogens (tertiary/aromatic N) is 1. The lowest BCUT2D eigenvalue weighted by Gasteiger charge is -2.47. The highest BCUT2D eigenvalue weighted by atomic mass is 16.7. The van der Waals surface area contributed by atoms with Crippen LogP contribution in [0.5, 0.6) is 0 Å². The fourth-order valence-electron chi connectivity index (χ4n) is 4.40. The molecule has 3 heterocycles. The predicted molar refractivity (Wildman–Crippen MR) is 137 cm³/mol. The van der Waals surface area contributed by atoms with E-state index in [0.717, 1.165) is 11.1 Å². The van der Waals surface area contributed by atoms with Crippen LogP contribution in [0.1, 0.15) is 38.3 Å². The maximum Gasteiger partial charge on any atom is 0.187 e. The number of aliphatic hydroxyl groups excluding tert-OH is 6. The Morgan fingerprint density at radius 3 is 2.20 bits per heavy atom. The summed E-state index contributed by atoms with van der Waals surface area (Å²) in [5.41, 5.74) is 3.73. The summed E-state index contributed by atoms with van der Waals surface area (Å²) in [6.45, 7) is 8.74. The van der Waals surface area contributed by atoms with E-state index < -0.39 is 80.2 Å². The van der Waals surface area contributed by atoms with Gasteiger partial charge in [0, 0.05) is 18.9 Å². The highest BCUT2D eigenvalue weighted by Gasteiger charge is 2.51. The zero-order valence-electron chi connectivity index (χ0n) is 23.0. The molecule has 0 bridgehead atoms. The van der Waals surface area contributed by atoms with Gasteiger partial charge in [-0.15, -0.1) is 0 Å². The van der Waals surface area contributed by atoms with Crippen molar-refractivity contribution in [2.75, 3.05) is 26.4 Å². The molecule has 40 heavy (non-hydrogen) atoms. The molecule has 3 rings (SSSR count). The van der Waals surface area contributed by atoms with Crippen molar-refractivity contribution in [1.82, 2.24) is 10.5 Å². The molecule has 14 heteroatoms. The van der Waals surface area contributed by atoms with Gasteiger partial charge in [0.05, 0.1) is 32.0 Å². The van der Waals surface area contributed by atoms with E-state index in [1.807, 2.05) is 6.07 Å². The van der Waals surface area contributed by atoms with E-state index in [1.165, 1.54) is 0 Å². The summed E-state index contributed by atoms with van der Waals surface area (Å²) in [5, 5.41) is 62.3. The lowest BCUT2D eigenvalue weighted by Crippen LogP contribution is -2.65. The number of aliphatic hydroxyl groups is 6.